The van der Waals surface area contributed by atoms with Gasteiger partial charge in [-0.2, -0.15) is 0 Å². The van der Waals surface area contributed by atoms with E-state index in [-0.39, 0.29) is 5.91 Å². The Labute approximate surface area is 161 Å². The van der Waals surface area contributed by atoms with Gasteiger partial charge in [-0.1, -0.05) is 42.5 Å². The number of aromatic nitrogens is 3. The van der Waals surface area contributed by atoms with E-state index in [2.05, 4.69) is 25.9 Å². The van der Waals surface area contributed by atoms with Crippen LogP contribution in [-0.4, -0.2) is 27.0 Å². The summed E-state index contributed by atoms with van der Waals surface area (Å²) >= 11 is 1.49. The number of para-hydroxylation sites is 2. The van der Waals surface area contributed by atoms with Crippen LogP contribution in [0.1, 0.15) is 22.7 Å². The molecule has 0 bridgehead atoms. The molecule has 5 nitrogen and oxygen atoms in total. The van der Waals surface area contributed by atoms with Gasteiger partial charge < -0.3 is 9.88 Å². The topological polar surface area (TPSA) is 59.8 Å². The molecular formula is C21H20N4OS. The maximum Gasteiger partial charge on any atom is 0.270 e. The van der Waals surface area contributed by atoms with E-state index < -0.39 is 0 Å². The third-order valence-electron chi connectivity index (χ3n) is 4.45. The summed E-state index contributed by atoms with van der Waals surface area (Å²) in [6, 6.07) is 18.0. The Balaban J connectivity index is 1.33. The van der Waals surface area contributed by atoms with Gasteiger partial charge in [0, 0.05) is 24.0 Å². The molecule has 0 atom stereocenters. The minimum atomic E-state index is -0.124. The Kier molecular flexibility index (Phi) is 4.98. The van der Waals surface area contributed by atoms with E-state index in [1.807, 2.05) is 60.8 Å². The number of imidazole rings is 1. The van der Waals surface area contributed by atoms with Gasteiger partial charge in [-0.3, -0.25) is 4.79 Å². The fourth-order valence-corrected chi connectivity index (χ4v) is 3.91. The summed E-state index contributed by atoms with van der Waals surface area (Å²) in [7, 11) is 0. The Hall–Kier alpha value is -2.99. The Morgan fingerprint density at radius 1 is 1.07 bits per heavy atom. The van der Waals surface area contributed by atoms with Crippen LogP contribution in [0.3, 0.4) is 0 Å². The molecule has 136 valence electrons. The fraction of sp³-hybridized carbons (Fsp3) is 0.190. The highest BCUT2D eigenvalue weighted by Gasteiger charge is 2.11. The number of nitrogens with zero attached hydrogens (tertiary/aromatic N) is 3. The molecule has 1 N–H and O–H groups in total. The molecule has 4 rings (SSSR count). The molecule has 0 aliphatic rings. The van der Waals surface area contributed by atoms with E-state index >= 15 is 0 Å². The van der Waals surface area contributed by atoms with Gasteiger partial charge in [-0.15, -0.1) is 11.3 Å². The lowest BCUT2D eigenvalue weighted by atomic mass is 10.2. The van der Waals surface area contributed by atoms with Crippen LogP contribution in [0.4, 0.5) is 0 Å². The van der Waals surface area contributed by atoms with Crippen LogP contribution in [-0.2, 0) is 6.54 Å². The van der Waals surface area contributed by atoms with E-state index in [1.54, 1.807) is 0 Å². The van der Waals surface area contributed by atoms with Crippen LogP contribution in [0, 0.1) is 6.92 Å². The number of nitrogens with one attached hydrogen (secondary N) is 1. The zero-order valence-electron chi connectivity index (χ0n) is 15.1. The monoisotopic (exact) mass is 376 g/mol. The number of fused-ring (bicyclic) bond motifs is 1. The SMILES string of the molecule is Cc1nc2ccccc2n1CCCNC(=O)c1csc(-c2ccccc2)n1. The van der Waals surface area contributed by atoms with Crippen LogP contribution in [0.25, 0.3) is 21.6 Å². The molecule has 0 aliphatic carbocycles. The molecule has 2 aromatic carbocycles. The molecule has 0 unspecified atom stereocenters. The highest BCUT2D eigenvalue weighted by molar-refractivity contribution is 7.13. The van der Waals surface area contributed by atoms with Crippen LogP contribution < -0.4 is 5.32 Å². The van der Waals surface area contributed by atoms with Crippen molar-refractivity contribution in [1.29, 1.82) is 0 Å². The maximum atomic E-state index is 12.3. The molecule has 1 amide bonds. The number of benzene rings is 2. The van der Waals surface area contributed by atoms with Crippen LogP contribution in [0.2, 0.25) is 0 Å². The number of carbonyl (C=O) groups excluding carboxylic acids is 1. The summed E-state index contributed by atoms with van der Waals surface area (Å²) in [5.74, 6) is 0.871. The van der Waals surface area contributed by atoms with E-state index in [9.17, 15) is 4.79 Å². The molecule has 6 heteroatoms. The van der Waals surface area contributed by atoms with E-state index in [0.29, 0.717) is 12.2 Å². The van der Waals surface area contributed by atoms with Crippen molar-refractivity contribution >= 4 is 28.3 Å². The van der Waals surface area contributed by atoms with Crippen LogP contribution >= 0.6 is 11.3 Å². The first-order valence-electron chi connectivity index (χ1n) is 8.93. The van der Waals surface area contributed by atoms with Crippen molar-refractivity contribution in [3.63, 3.8) is 0 Å². The standard InChI is InChI=1S/C21H20N4OS/c1-15-23-17-10-5-6-11-19(17)25(15)13-7-12-22-20(26)18-14-27-21(24-18)16-8-3-2-4-9-16/h2-6,8-11,14H,7,12-13H2,1H3,(H,22,26). The zero-order chi connectivity index (χ0) is 18.6. The van der Waals surface area contributed by atoms with Gasteiger partial charge in [0.1, 0.15) is 16.5 Å². The average Bonchev–Trinajstić information content (AvgIpc) is 3.31. The second-order valence-corrected chi connectivity index (χ2v) is 7.17. The normalized spacial score (nSPS) is 11.0. The van der Waals surface area contributed by atoms with Crippen LogP contribution in [0.15, 0.2) is 60.0 Å². The number of carbonyl (C=O) groups is 1. The summed E-state index contributed by atoms with van der Waals surface area (Å²) < 4.78 is 2.19. The predicted octanol–water partition coefficient (Wildman–Crippen LogP) is 4.29. The summed E-state index contributed by atoms with van der Waals surface area (Å²) in [5, 5.41) is 5.64. The van der Waals surface area contributed by atoms with Crippen molar-refractivity contribution < 1.29 is 4.79 Å². The molecule has 27 heavy (non-hydrogen) atoms. The summed E-state index contributed by atoms with van der Waals surface area (Å²) in [5.41, 5.74) is 3.65. The smallest absolute Gasteiger partial charge is 0.270 e. The minimum absolute atomic E-state index is 0.124. The van der Waals surface area contributed by atoms with Gasteiger partial charge in [0.25, 0.3) is 5.91 Å². The molecule has 4 aromatic rings. The van der Waals surface area contributed by atoms with Gasteiger partial charge in [-0.25, -0.2) is 9.97 Å². The van der Waals surface area contributed by atoms with Crippen molar-refractivity contribution in [2.24, 2.45) is 0 Å². The van der Waals surface area contributed by atoms with Crippen molar-refractivity contribution in [2.75, 3.05) is 6.54 Å². The second kappa shape index (κ2) is 7.72. The largest absolute Gasteiger partial charge is 0.351 e. The van der Waals surface area contributed by atoms with Gasteiger partial charge in [0.15, 0.2) is 0 Å². The first-order valence-corrected chi connectivity index (χ1v) is 9.81. The average molecular weight is 376 g/mol. The first-order chi connectivity index (χ1) is 13.2. The van der Waals surface area contributed by atoms with Gasteiger partial charge in [0.2, 0.25) is 0 Å². The molecular weight excluding hydrogens is 356 g/mol. The number of hydrogen-bond acceptors (Lipinski definition) is 4. The Bertz CT molecular complexity index is 1070. The molecule has 0 aliphatic heterocycles. The van der Waals surface area contributed by atoms with Gasteiger partial charge in [0.05, 0.1) is 11.0 Å². The molecule has 2 aromatic heterocycles. The number of thiazole rings is 1. The predicted molar refractivity (Wildman–Crippen MR) is 109 cm³/mol. The van der Waals surface area contributed by atoms with Crippen molar-refractivity contribution in [1.82, 2.24) is 19.9 Å². The highest BCUT2D eigenvalue weighted by atomic mass is 32.1. The van der Waals surface area contributed by atoms with Gasteiger partial charge >= 0.3 is 0 Å². The summed E-state index contributed by atoms with van der Waals surface area (Å²) in [6.07, 6.45) is 0.836. The number of hydrogen-bond donors (Lipinski definition) is 1. The Morgan fingerprint density at radius 3 is 2.70 bits per heavy atom. The van der Waals surface area contributed by atoms with E-state index in [1.165, 1.54) is 11.3 Å². The van der Waals surface area contributed by atoms with Gasteiger partial charge in [-0.05, 0) is 25.5 Å². The van der Waals surface area contributed by atoms with Crippen LogP contribution in [0.5, 0.6) is 0 Å². The lowest BCUT2D eigenvalue weighted by molar-refractivity contribution is 0.0948. The lowest BCUT2D eigenvalue weighted by Gasteiger charge is -2.07. The molecule has 0 saturated carbocycles. The third kappa shape index (κ3) is 3.75. The fourth-order valence-electron chi connectivity index (χ4n) is 3.10. The summed E-state index contributed by atoms with van der Waals surface area (Å²) in [6.45, 7) is 3.43. The lowest BCUT2D eigenvalue weighted by Crippen LogP contribution is -2.25. The molecule has 0 spiro atoms. The van der Waals surface area contributed by atoms with E-state index in [4.69, 9.17) is 0 Å². The highest BCUT2D eigenvalue weighted by Crippen LogP contribution is 2.23. The quantitative estimate of drug-likeness (QED) is 0.511. The van der Waals surface area contributed by atoms with E-state index in [0.717, 1.165) is 40.4 Å². The Morgan fingerprint density at radius 2 is 1.85 bits per heavy atom. The number of rotatable bonds is 6. The van der Waals surface area contributed by atoms with Crippen molar-refractivity contribution in [2.45, 2.75) is 19.9 Å². The van der Waals surface area contributed by atoms with Crippen molar-refractivity contribution in [3.8, 4) is 10.6 Å². The zero-order valence-corrected chi connectivity index (χ0v) is 15.9. The summed E-state index contributed by atoms with van der Waals surface area (Å²) in [4.78, 5) is 21.4. The number of amides is 1. The first kappa shape index (κ1) is 17.4. The third-order valence-corrected chi connectivity index (χ3v) is 5.34. The second-order valence-electron chi connectivity index (χ2n) is 6.31. The molecule has 0 radical (unpaired) electrons. The van der Waals surface area contributed by atoms with Crippen molar-refractivity contribution in [3.05, 3.63) is 71.5 Å². The number of aryl methyl sites for hydroxylation is 2. The maximum absolute atomic E-state index is 12.3. The minimum Gasteiger partial charge on any atom is -0.351 e. The molecule has 0 fully saturated rings. The molecule has 2 heterocycles. The molecule has 0 saturated heterocycles.